The molecule has 0 bridgehead atoms. The number of rotatable bonds is 5. The van der Waals surface area contributed by atoms with Gasteiger partial charge in [0.15, 0.2) is 0 Å². The molecule has 0 saturated heterocycles. The van der Waals surface area contributed by atoms with Gasteiger partial charge in [-0.3, -0.25) is 0 Å². The smallest absolute Gasteiger partial charge is 0.137 e. The molecule has 1 atom stereocenters. The van der Waals surface area contributed by atoms with Gasteiger partial charge in [-0.25, -0.2) is 9.97 Å². The van der Waals surface area contributed by atoms with E-state index >= 15 is 0 Å². The largest absolute Gasteiger partial charge is 0.373 e. The van der Waals surface area contributed by atoms with Crippen molar-refractivity contribution in [3.63, 3.8) is 0 Å². The lowest BCUT2D eigenvalue weighted by Gasteiger charge is -2.31. The normalized spacial score (nSPS) is 12.9. The summed E-state index contributed by atoms with van der Waals surface area (Å²) in [7, 11) is 4.03. The summed E-state index contributed by atoms with van der Waals surface area (Å²) in [6, 6.07) is 0.443. The molecule has 19 heavy (non-hydrogen) atoms. The minimum Gasteiger partial charge on any atom is -0.373 e. The van der Waals surface area contributed by atoms with Crippen molar-refractivity contribution in [1.82, 2.24) is 9.97 Å². The van der Waals surface area contributed by atoms with Crippen LogP contribution in [-0.4, -0.2) is 30.1 Å². The Bertz CT molecular complexity index is 426. The quantitative estimate of drug-likeness (QED) is 0.884. The van der Waals surface area contributed by atoms with Crippen LogP contribution in [0.4, 0.5) is 11.6 Å². The predicted molar refractivity (Wildman–Crippen MR) is 83.1 cm³/mol. The monoisotopic (exact) mass is 264 g/mol. The van der Waals surface area contributed by atoms with Crippen LogP contribution in [0.3, 0.4) is 0 Å². The van der Waals surface area contributed by atoms with E-state index in [1.807, 2.05) is 7.05 Å². The topological polar surface area (TPSA) is 41.1 Å². The molecule has 0 radical (unpaired) electrons. The third-order valence-electron chi connectivity index (χ3n) is 3.80. The first kappa shape index (κ1) is 15.7. The third kappa shape index (κ3) is 3.37. The Balaban J connectivity index is 3.29. The molecule has 1 N–H and O–H groups in total. The molecule has 4 heteroatoms. The highest BCUT2D eigenvalue weighted by Crippen LogP contribution is 2.27. The molecule has 0 fully saturated rings. The Hall–Kier alpha value is -1.32. The van der Waals surface area contributed by atoms with Gasteiger partial charge in [0.05, 0.1) is 0 Å². The van der Waals surface area contributed by atoms with Crippen LogP contribution >= 0.6 is 0 Å². The molecule has 108 valence electrons. The SMILES string of the molecule is CNc1nc(C(C)C)nc(N(C)C(C)C(C)C)c1C. The van der Waals surface area contributed by atoms with Crippen LogP contribution in [0.25, 0.3) is 0 Å². The Kier molecular flexibility index (Phi) is 5.15. The summed E-state index contributed by atoms with van der Waals surface area (Å²) in [5.41, 5.74) is 1.11. The first-order valence-corrected chi connectivity index (χ1v) is 7.08. The number of anilines is 2. The zero-order valence-electron chi connectivity index (χ0n) is 13.6. The zero-order valence-corrected chi connectivity index (χ0v) is 13.6. The number of aromatic nitrogens is 2. The number of nitrogens with one attached hydrogen (secondary N) is 1. The minimum atomic E-state index is 0.328. The third-order valence-corrected chi connectivity index (χ3v) is 3.80. The molecule has 4 nitrogen and oxygen atoms in total. The van der Waals surface area contributed by atoms with Crippen LogP contribution in [0.1, 0.15) is 51.9 Å². The van der Waals surface area contributed by atoms with E-state index in [0.717, 1.165) is 23.0 Å². The Labute approximate surface area is 117 Å². The molecule has 1 rings (SSSR count). The highest BCUT2D eigenvalue weighted by molar-refractivity contribution is 5.58. The van der Waals surface area contributed by atoms with Gasteiger partial charge in [-0.2, -0.15) is 0 Å². The van der Waals surface area contributed by atoms with Crippen molar-refractivity contribution in [3.8, 4) is 0 Å². The van der Waals surface area contributed by atoms with Crippen molar-refractivity contribution in [2.24, 2.45) is 5.92 Å². The average Bonchev–Trinajstić information content (AvgIpc) is 2.36. The molecule has 0 aliphatic rings. The molecule has 1 aromatic rings. The van der Waals surface area contributed by atoms with Gasteiger partial charge in [0, 0.05) is 31.6 Å². The summed E-state index contributed by atoms with van der Waals surface area (Å²) in [4.78, 5) is 11.6. The molecule has 0 saturated carbocycles. The van der Waals surface area contributed by atoms with E-state index in [4.69, 9.17) is 4.98 Å². The summed E-state index contributed by atoms with van der Waals surface area (Å²) in [5.74, 6) is 3.77. The van der Waals surface area contributed by atoms with Gasteiger partial charge in [-0.1, -0.05) is 27.7 Å². The number of hydrogen-bond donors (Lipinski definition) is 1. The van der Waals surface area contributed by atoms with E-state index in [0.29, 0.717) is 17.9 Å². The summed E-state index contributed by atoms with van der Waals surface area (Å²) in [6.45, 7) is 13.0. The maximum absolute atomic E-state index is 4.76. The second-order valence-electron chi connectivity index (χ2n) is 5.88. The molecule has 0 amide bonds. The zero-order chi connectivity index (χ0) is 14.7. The highest BCUT2D eigenvalue weighted by Gasteiger charge is 2.20. The predicted octanol–water partition coefficient (Wildman–Crippen LogP) is 3.43. The molecular formula is C15H28N4. The summed E-state index contributed by atoms with van der Waals surface area (Å²) in [5, 5.41) is 3.18. The average molecular weight is 264 g/mol. The lowest BCUT2D eigenvalue weighted by atomic mass is 10.0. The highest BCUT2D eigenvalue weighted by atomic mass is 15.2. The van der Waals surface area contributed by atoms with Crippen molar-refractivity contribution >= 4 is 11.6 Å². The van der Waals surface area contributed by atoms with Crippen LogP contribution in [0.15, 0.2) is 0 Å². The summed E-state index contributed by atoms with van der Waals surface area (Å²) in [6.07, 6.45) is 0. The number of hydrogen-bond acceptors (Lipinski definition) is 4. The lowest BCUT2D eigenvalue weighted by molar-refractivity contribution is 0.501. The van der Waals surface area contributed by atoms with E-state index in [1.54, 1.807) is 0 Å². The van der Waals surface area contributed by atoms with Crippen molar-refractivity contribution < 1.29 is 0 Å². The van der Waals surface area contributed by atoms with E-state index < -0.39 is 0 Å². The van der Waals surface area contributed by atoms with E-state index in [-0.39, 0.29) is 0 Å². The van der Waals surface area contributed by atoms with Gasteiger partial charge < -0.3 is 10.2 Å². The molecule has 1 unspecified atom stereocenters. The Morgan fingerprint density at radius 1 is 1.05 bits per heavy atom. The summed E-state index contributed by atoms with van der Waals surface area (Å²) < 4.78 is 0. The van der Waals surface area contributed by atoms with Gasteiger partial charge in [-0.15, -0.1) is 0 Å². The Morgan fingerprint density at radius 3 is 2.05 bits per heavy atom. The van der Waals surface area contributed by atoms with Crippen LogP contribution < -0.4 is 10.2 Å². The van der Waals surface area contributed by atoms with E-state index in [1.165, 1.54) is 0 Å². The molecule has 1 heterocycles. The van der Waals surface area contributed by atoms with Crippen molar-refractivity contribution in [1.29, 1.82) is 0 Å². The summed E-state index contributed by atoms with van der Waals surface area (Å²) >= 11 is 0. The van der Waals surface area contributed by atoms with Crippen LogP contribution in [0.2, 0.25) is 0 Å². The fraction of sp³-hybridized carbons (Fsp3) is 0.733. The van der Waals surface area contributed by atoms with Crippen LogP contribution in [0.5, 0.6) is 0 Å². The minimum absolute atomic E-state index is 0.328. The first-order chi connectivity index (χ1) is 8.79. The van der Waals surface area contributed by atoms with Gasteiger partial charge in [0.25, 0.3) is 0 Å². The fourth-order valence-electron chi connectivity index (χ4n) is 2.01. The van der Waals surface area contributed by atoms with Crippen molar-refractivity contribution in [2.45, 2.75) is 53.5 Å². The van der Waals surface area contributed by atoms with Gasteiger partial charge in [-0.05, 0) is 19.8 Å². The molecule has 1 aromatic heterocycles. The first-order valence-electron chi connectivity index (χ1n) is 7.08. The fourth-order valence-corrected chi connectivity index (χ4v) is 2.01. The maximum Gasteiger partial charge on any atom is 0.137 e. The number of nitrogens with zero attached hydrogens (tertiary/aromatic N) is 3. The molecule has 0 aromatic carbocycles. The van der Waals surface area contributed by atoms with Gasteiger partial charge in [0.1, 0.15) is 17.5 Å². The standard InChI is InChI=1S/C15H28N4/c1-9(2)12(6)19(8)15-11(5)14(16-7)17-13(18-15)10(3)4/h9-10,12H,1-8H3,(H,16,17,18). The van der Waals surface area contributed by atoms with Crippen LogP contribution in [-0.2, 0) is 0 Å². The van der Waals surface area contributed by atoms with Crippen molar-refractivity contribution in [3.05, 3.63) is 11.4 Å². The second kappa shape index (κ2) is 6.22. The second-order valence-corrected chi connectivity index (χ2v) is 5.88. The van der Waals surface area contributed by atoms with Crippen LogP contribution in [0, 0.1) is 12.8 Å². The van der Waals surface area contributed by atoms with E-state index in [9.17, 15) is 0 Å². The molecule has 0 aliphatic heterocycles. The molecule has 0 spiro atoms. The van der Waals surface area contributed by atoms with Gasteiger partial charge in [0.2, 0.25) is 0 Å². The maximum atomic E-state index is 4.76. The van der Waals surface area contributed by atoms with E-state index in [2.05, 4.69) is 63.8 Å². The molecular weight excluding hydrogens is 236 g/mol. The Morgan fingerprint density at radius 2 is 1.63 bits per heavy atom. The lowest BCUT2D eigenvalue weighted by Crippen LogP contribution is -2.34. The van der Waals surface area contributed by atoms with Crippen molar-refractivity contribution in [2.75, 3.05) is 24.3 Å². The molecule has 0 aliphatic carbocycles. The van der Waals surface area contributed by atoms with Gasteiger partial charge >= 0.3 is 0 Å².